The van der Waals surface area contributed by atoms with Crippen LogP contribution in [0.4, 0.5) is 0 Å². The Morgan fingerprint density at radius 3 is 2.30 bits per heavy atom. The predicted octanol–water partition coefficient (Wildman–Crippen LogP) is 2.91. The number of hydrogen-bond acceptors (Lipinski definition) is 6. The Morgan fingerprint density at radius 1 is 1.00 bits per heavy atom. The SMILES string of the molecule is COc1ccc(C2(C(=O)N3CCCN3C(=O)CSCCS(=O)(=O)c3ccccc3)CC2)cc1. The van der Waals surface area contributed by atoms with E-state index in [0.717, 1.165) is 30.6 Å². The van der Waals surface area contributed by atoms with Crippen molar-refractivity contribution in [2.24, 2.45) is 0 Å². The molecule has 1 aliphatic heterocycles. The number of ether oxygens (including phenoxy) is 1. The Hall–Kier alpha value is -2.52. The highest BCUT2D eigenvalue weighted by atomic mass is 32.2. The van der Waals surface area contributed by atoms with E-state index in [1.165, 1.54) is 11.8 Å². The molecule has 0 bridgehead atoms. The Labute approximate surface area is 199 Å². The van der Waals surface area contributed by atoms with Crippen LogP contribution in [0.15, 0.2) is 59.5 Å². The minimum Gasteiger partial charge on any atom is -0.497 e. The highest BCUT2D eigenvalue weighted by Crippen LogP contribution is 2.50. The fraction of sp³-hybridized carbons (Fsp3) is 0.417. The van der Waals surface area contributed by atoms with E-state index >= 15 is 0 Å². The maximum atomic E-state index is 13.4. The van der Waals surface area contributed by atoms with Crippen LogP contribution in [0.2, 0.25) is 0 Å². The fourth-order valence-corrected chi connectivity index (χ4v) is 6.76. The number of methoxy groups -OCH3 is 1. The number of hydrogen-bond donors (Lipinski definition) is 0. The molecule has 2 amide bonds. The van der Waals surface area contributed by atoms with Crippen LogP contribution in [-0.4, -0.2) is 67.7 Å². The van der Waals surface area contributed by atoms with Crippen LogP contribution in [0, 0.1) is 0 Å². The molecule has 2 aliphatic rings. The predicted molar refractivity (Wildman–Crippen MR) is 128 cm³/mol. The molecule has 1 saturated heterocycles. The van der Waals surface area contributed by atoms with E-state index in [0.29, 0.717) is 23.7 Å². The maximum Gasteiger partial charge on any atom is 0.251 e. The first-order valence-corrected chi connectivity index (χ1v) is 13.8. The number of rotatable bonds is 9. The molecule has 33 heavy (non-hydrogen) atoms. The summed E-state index contributed by atoms with van der Waals surface area (Å²) >= 11 is 1.28. The van der Waals surface area contributed by atoms with Crippen molar-refractivity contribution in [3.05, 3.63) is 60.2 Å². The number of nitrogens with zero attached hydrogens (tertiary/aromatic N) is 2. The van der Waals surface area contributed by atoms with Gasteiger partial charge in [0.05, 0.1) is 28.9 Å². The van der Waals surface area contributed by atoms with E-state index in [2.05, 4.69) is 0 Å². The Kier molecular flexibility index (Phi) is 6.99. The van der Waals surface area contributed by atoms with E-state index in [1.54, 1.807) is 47.5 Å². The number of benzene rings is 2. The molecule has 1 heterocycles. The standard InChI is InChI=1S/C24H28N2O5S2/c1-31-20-10-8-19(9-11-20)24(12-13-24)23(28)26-15-5-14-25(26)22(27)18-32-16-17-33(29,30)21-6-3-2-4-7-21/h2-4,6-11H,5,12-18H2,1H3. The number of sulfone groups is 1. The molecule has 0 aromatic heterocycles. The normalized spacial score (nSPS) is 17.1. The molecule has 1 aliphatic carbocycles. The second-order valence-electron chi connectivity index (χ2n) is 8.29. The van der Waals surface area contributed by atoms with E-state index in [1.807, 2.05) is 24.3 Å². The largest absolute Gasteiger partial charge is 0.497 e. The van der Waals surface area contributed by atoms with Gasteiger partial charge in [0, 0.05) is 18.8 Å². The lowest BCUT2D eigenvalue weighted by Crippen LogP contribution is -2.49. The third-order valence-electron chi connectivity index (χ3n) is 6.18. The Balaban J connectivity index is 1.33. The molecule has 0 radical (unpaired) electrons. The minimum absolute atomic E-state index is 0.0296. The van der Waals surface area contributed by atoms with Gasteiger partial charge < -0.3 is 4.74 Å². The summed E-state index contributed by atoms with van der Waals surface area (Å²) in [6.07, 6.45) is 2.27. The monoisotopic (exact) mass is 488 g/mol. The number of carbonyl (C=O) groups excluding carboxylic acids is 2. The second-order valence-corrected chi connectivity index (χ2v) is 11.5. The average Bonchev–Trinajstić information content (AvgIpc) is 3.51. The van der Waals surface area contributed by atoms with Crippen molar-refractivity contribution in [3.63, 3.8) is 0 Å². The number of thioether (sulfide) groups is 1. The van der Waals surface area contributed by atoms with Crippen molar-refractivity contribution in [2.45, 2.75) is 29.6 Å². The van der Waals surface area contributed by atoms with Crippen LogP contribution >= 0.6 is 11.8 Å². The van der Waals surface area contributed by atoms with Gasteiger partial charge in [-0.05, 0) is 49.1 Å². The summed E-state index contributed by atoms with van der Waals surface area (Å²) in [5.41, 5.74) is 0.388. The smallest absolute Gasteiger partial charge is 0.251 e. The average molecular weight is 489 g/mol. The van der Waals surface area contributed by atoms with Crippen LogP contribution in [-0.2, 0) is 24.8 Å². The van der Waals surface area contributed by atoms with Crippen molar-refractivity contribution in [1.82, 2.24) is 10.0 Å². The van der Waals surface area contributed by atoms with E-state index in [9.17, 15) is 18.0 Å². The van der Waals surface area contributed by atoms with Gasteiger partial charge in [0.15, 0.2) is 9.84 Å². The van der Waals surface area contributed by atoms with Crippen molar-refractivity contribution >= 4 is 33.4 Å². The summed E-state index contributed by atoms with van der Waals surface area (Å²) in [6, 6.07) is 15.9. The minimum atomic E-state index is -3.37. The number of amides is 2. The zero-order valence-corrected chi connectivity index (χ0v) is 20.2. The van der Waals surface area contributed by atoms with Gasteiger partial charge in [-0.2, -0.15) is 11.8 Å². The molecule has 9 heteroatoms. The highest BCUT2D eigenvalue weighted by molar-refractivity contribution is 8.01. The van der Waals surface area contributed by atoms with Gasteiger partial charge in [-0.3, -0.25) is 19.6 Å². The molecule has 0 spiro atoms. The van der Waals surface area contributed by atoms with Crippen molar-refractivity contribution < 1.29 is 22.7 Å². The van der Waals surface area contributed by atoms with Crippen LogP contribution in [0.5, 0.6) is 5.75 Å². The molecule has 1 saturated carbocycles. The fourth-order valence-electron chi connectivity index (χ4n) is 4.14. The first-order valence-electron chi connectivity index (χ1n) is 11.0. The molecule has 0 unspecified atom stereocenters. The Bertz CT molecular complexity index is 1100. The van der Waals surface area contributed by atoms with Gasteiger partial charge in [0.25, 0.3) is 11.8 Å². The zero-order valence-electron chi connectivity index (χ0n) is 18.6. The molecule has 2 aromatic rings. The summed E-state index contributed by atoms with van der Waals surface area (Å²) in [6.45, 7) is 1.03. The van der Waals surface area contributed by atoms with Crippen LogP contribution in [0.25, 0.3) is 0 Å². The van der Waals surface area contributed by atoms with Crippen molar-refractivity contribution in [2.75, 3.05) is 37.5 Å². The van der Waals surface area contributed by atoms with Gasteiger partial charge >= 0.3 is 0 Å². The summed E-state index contributed by atoms with van der Waals surface area (Å²) < 4.78 is 30.0. The van der Waals surface area contributed by atoms with Gasteiger partial charge in [-0.25, -0.2) is 8.42 Å². The molecule has 4 rings (SSSR count). The molecule has 0 atom stereocenters. The summed E-state index contributed by atoms with van der Waals surface area (Å²) in [5, 5.41) is 3.14. The van der Waals surface area contributed by atoms with Crippen LogP contribution in [0.1, 0.15) is 24.8 Å². The van der Waals surface area contributed by atoms with Crippen molar-refractivity contribution in [3.8, 4) is 5.75 Å². The van der Waals surface area contributed by atoms with Crippen LogP contribution < -0.4 is 4.74 Å². The maximum absolute atomic E-state index is 13.4. The molecular weight excluding hydrogens is 460 g/mol. The highest BCUT2D eigenvalue weighted by Gasteiger charge is 2.54. The zero-order chi connectivity index (χ0) is 23.5. The molecular formula is C24H28N2O5S2. The van der Waals surface area contributed by atoms with Crippen molar-refractivity contribution in [1.29, 1.82) is 0 Å². The molecule has 176 valence electrons. The third-order valence-corrected chi connectivity index (χ3v) is 9.11. The van der Waals surface area contributed by atoms with Crippen LogP contribution in [0.3, 0.4) is 0 Å². The quantitative estimate of drug-likeness (QED) is 0.505. The number of carbonyl (C=O) groups is 2. The number of hydrazine groups is 1. The lowest BCUT2D eigenvalue weighted by Gasteiger charge is -2.31. The second kappa shape index (κ2) is 9.77. The van der Waals surface area contributed by atoms with Gasteiger partial charge in [0.2, 0.25) is 0 Å². The van der Waals surface area contributed by atoms with Gasteiger partial charge in [-0.1, -0.05) is 30.3 Å². The topological polar surface area (TPSA) is 84.0 Å². The first-order chi connectivity index (χ1) is 15.9. The Morgan fingerprint density at radius 2 is 1.67 bits per heavy atom. The van der Waals surface area contributed by atoms with Gasteiger partial charge in [-0.15, -0.1) is 0 Å². The summed E-state index contributed by atoms with van der Waals surface area (Å²) in [4.78, 5) is 26.6. The third kappa shape index (κ3) is 5.04. The summed E-state index contributed by atoms with van der Waals surface area (Å²) in [7, 11) is -1.76. The summed E-state index contributed by atoms with van der Waals surface area (Å²) in [5.74, 6) is 0.984. The first kappa shape index (κ1) is 23.6. The van der Waals surface area contributed by atoms with E-state index < -0.39 is 15.3 Å². The molecule has 0 N–H and O–H groups in total. The van der Waals surface area contributed by atoms with E-state index in [4.69, 9.17) is 4.74 Å². The lowest BCUT2D eigenvalue weighted by atomic mass is 9.94. The molecule has 7 nitrogen and oxygen atoms in total. The lowest BCUT2D eigenvalue weighted by molar-refractivity contribution is -0.158. The van der Waals surface area contributed by atoms with Gasteiger partial charge in [0.1, 0.15) is 5.75 Å². The molecule has 2 aromatic carbocycles. The van der Waals surface area contributed by atoms with E-state index in [-0.39, 0.29) is 23.3 Å². The molecule has 2 fully saturated rings.